The maximum Gasteiger partial charge on any atom is 0.243 e. The molecule has 6 heteroatoms. The molecule has 1 atom stereocenters. The van der Waals surface area contributed by atoms with Crippen LogP contribution in [0.3, 0.4) is 0 Å². The van der Waals surface area contributed by atoms with Crippen LogP contribution in [0.2, 0.25) is 0 Å². The van der Waals surface area contributed by atoms with E-state index in [0.29, 0.717) is 24.5 Å². The third kappa shape index (κ3) is 4.41. The fourth-order valence-electron chi connectivity index (χ4n) is 3.95. The van der Waals surface area contributed by atoms with Gasteiger partial charge in [-0.1, -0.05) is 42.5 Å². The molecule has 1 aliphatic heterocycles. The molecule has 2 aromatic rings. The van der Waals surface area contributed by atoms with Crippen LogP contribution in [0, 0.1) is 5.41 Å². The van der Waals surface area contributed by atoms with Crippen molar-refractivity contribution in [3.8, 4) is 11.1 Å². The first-order valence-electron chi connectivity index (χ1n) is 9.28. The van der Waals surface area contributed by atoms with Gasteiger partial charge in [0.25, 0.3) is 0 Å². The minimum atomic E-state index is -3.57. The summed E-state index contributed by atoms with van der Waals surface area (Å²) in [5.41, 5.74) is 1.65. The Morgan fingerprint density at radius 1 is 1.04 bits per heavy atom. The number of piperidine rings is 1. The summed E-state index contributed by atoms with van der Waals surface area (Å²) in [7, 11) is 0.329. The van der Waals surface area contributed by atoms with Crippen LogP contribution in [-0.4, -0.2) is 63.1 Å². The molecule has 1 unspecified atom stereocenters. The summed E-state index contributed by atoms with van der Waals surface area (Å²) in [5.74, 6) is 0. The zero-order valence-electron chi connectivity index (χ0n) is 16.0. The number of sulfonamides is 1. The molecular weight excluding hydrogens is 360 g/mol. The number of aliphatic hydroxyl groups excluding tert-OH is 1. The largest absolute Gasteiger partial charge is 0.396 e. The Kier molecular flexibility index (Phi) is 6.01. The van der Waals surface area contributed by atoms with Crippen molar-refractivity contribution in [1.29, 1.82) is 0 Å². The Hall–Kier alpha value is -1.73. The van der Waals surface area contributed by atoms with Gasteiger partial charge in [-0.25, -0.2) is 8.42 Å². The smallest absolute Gasteiger partial charge is 0.243 e. The summed E-state index contributed by atoms with van der Waals surface area (Å²) in [6, 6.07) is 17.0. The van der Waals surface area contributed by atoms with Gasteiger partial charge in [0.05, 0.1) is 11.5 Å². The summed E-state index contributed by atoms with van der Waals surface area (Å²) in [6.07, 6.45) is 1.59. The normalized spacial score (nSPS) is 21.5. The van der Waals surface area contributed by atoms with Gasteiger partial charge in [-0.3, -0.25) is 0 Å². The lowest BCUT2D eigenvalue weighted by molar-refractivity contribution is 0.0409. The van der Waals surface area contributed by atoms with Crippen LogP contribution in [0.4, 0.5) is 0 Å². The van der Waals surface area contributed by atoms with Crippen molar-refractivity contribution in [2.75, 3.05) is 40.3 Å². The highest BCUT2D eigenvalue weighted by Gasteiger charge is 2.40. The molecule has 1 N–H and O–H groups in total. The highest BCUT2D eigenvalue weighted by molar-refractivity contribution is 7.89. The van der Waals surface area contributed by atoms with E-state index in [2.05, 4.69) is 0 Å². The van der Waals surface area contributed by atoms with Gasteiger partial charge in [-0.05, 0) is 50.2 Å². The number of rotatable bonds is 6. The van der Waals surface area contributed by atoms with Gasteiger partial charge < -0.3 is 10.0 Å². The molecule has 0 radical (unpaired) electrons. The quantitative estimate of drug-likeness (QED) is 0.827. The Balaban J connectivity index is 1.83. The molecule has 1 aliphatic rings. The van der Waals surface area contributed by atoms with Gasteiger partial charge in [-0.2, -0.15) is 4.31 Å². The zero-order valence-corrected chi connectivity index (χ0v) is 16.8. The predicted molar refractivity (Wildman–Crippen MR) is 108 cm³/mol. The summed E-state index contributed by atoms with van der Waals surface area (Å²) in [6.45, 7) is 1.51. The number of aliphatic hydroxyl groups is 1. The van der Waals surface area contributed by atoms with Crippen molar-refractivity contribution >= 4 is 10.0 Å². The topological polar surface area (TPSA) is 60.9 Å². The van der Waals surface area contributed by atoms with Gasteiger partial charge in [0.1, 0.15) is 0 Å². The molecule has 0 saturated carbocycles. The fourth-order valence-corrected chi connectivity index (χ4v) is 5.54. The van der Waals surface area contributed by atoms with E-state index in [4.69, 9.17) is 0 Å². The van der Waals surface area contributed by atoms with E-state index in [1.807, 2.05) is 61.5 Å². The Morgan fingerprint density at radius 3 is 2.26 bits per heavy atom. The lowest BCUT2D eigenvalue weighted by Crippen LogP contribution is -2.51. The maximum absolute atomic E-state index is 13.2. The SMILES string of the molecule is CN(C)CC1(CO)CCCN(S(=O)(=O)c2ccc(-c3ccccc3)cc2)C1. The average Bonchev–Trinajstić information content (AvgIpc) is 2.68. The van der Waals surface area contributed by atoms with E-state index in [1.54, 1.807) is 12.1 Å². The first-order chi connectivity index (χ1) is 12.9. The maximum atomic E-state index is 13.2. The van der Waals surface area contributed by atoms with E-state index in [9.17, 15) is 13.5 Å². The average molecular weight is 389 g/mol. The molecule has 0 spiro atoms. The molecule has 2 aromatic carbocycles. The lowest BCUT2D eigenvalue weighted by Gasteiger charge is -2.42. The highest BCUT2D eigenvalue weighted by Crippen LogP contribution is 2.33. The van der Waals surface area contributed by atoms with Crippen LogP contribution in [0.25, 0.3) is 11.1 Å². The first-order valence-corrected chi connectivity index (χ1v) is 10.7. The van der Waals surface area contributed by atoms with Gasteiger partial charge >= 0.3 is 0 Å². The van der Waals surface area contributed by atoms with Crippen LogP contribution in [0.1, 0.15) is 12.8 Å². The molecule has 0 aliphatic carbocycles. The molecule has 0 amide bonds. The van der Waals surface area contributed by atoms with E-state index in [0.717, 1.165) is 24.0 Å². The second-order valence-electron chi connectivity index (χ2n) is 7.73. The van der Waals surface area contributed by atoms with Crippen molar-refractivity contribution in [1.82, 2.24) is 9.21 Å². The Morgan fingerprint density at radius 2 is 1.67 bits per heavy atom. The minimum absolute atomic E-state index is 0.00978. The van der Waals surface area contributed by atoms with Gasteiger partial charge in [-0.15, -0.1) is 0 Å². The summed E-state index contributed by atoms with van der Waals surface area (Å²) in [4.78, 5) is 2.32. The van der Waals surface area contributed by atoms with Crippen molar-refractivity contribution < 1.29 is 13.5 Å². The molecule has 27 heavy (non-hydrogen) atoms. The molecule has 146 valence electrons. The molecule has 0 bridgehead atoms. The predicted octanol–water partition coefficient (Wildman–Crippen LogP) is 2.68. The minimum Gasteiger partial charge on any atom is -0.396 e. The molecule has 1 heterocycles. The van der Waals surface area contributed by atoms with Crippen LogP contribution in [0.5, 0.6) is 0 Å². The van der Waals surface area contributed by atoms with Gasteiger partial charge in [0, 0.05) is 25.0 Å². The Labute approximate surface area is 162 Å². The molecule has 1 saturated heterocycles. The van der Waals surface area contributed by atoms with E-state index < -0.39 is 15.4 Å². The van der Waals surface area contributed by atoms with E-state index >= 15 is 0 Å². The summed E-state index contributed by atoms with van der Waals surface area (Å²) >= 11 is 0. The van der Waals surface area contributed by atoms with Crippen molar-refractivity contribution in [3.63, 3.8) is 0 Å². The third-order valence-corrected chi connectivity index (χ3v) is 7.07. The van der Waals surface area contributed by atoms with Crippen LogP contribution < -0.4 is 0 Å². The summed E-state index contributed by atoms with van der Waals surface area (Å²) in [5, 5.41) is 9.96. The van der Waals surface area contributed by atoms with Crippen LogP contribution in [0.15, 0.2) is 59.5 Å². The second-order valence-corrected chi connectivity index (χ2v) is 9.67. The van der Waals surface area contributed by atoms with Crippen LogP contribution in [-0.2, 0) is 10.0 Å². The monoisotopic (exact) mass is 388 g/mol. The lowest BCUT2D eigenvalue weighted by atomic mass is 9.81. The Bertz CT molecular complexity index is 851. The summed E-state index contributed by atoms with van der Waals surface area (Å²) < 4.78 is 27.8. The van der Waals surface area contributed by atoms with Gasteiger partial charge in [0.15, 0.2) is 0 Å². The molecular formula is C21H28N2O3S. The standard InChI is InChI=1S/C21H28N2O3S/c1-22(2)15-21(17-24)13-6-14-23(16-21)27(25,26)20-11-9-19(10-12-20)18-7-4-3-5-8-18/h3-5,7-12,24H,6,13-17H2,1-2H3. The third-order valence-electron chi connectivity index (χ3n) is 5.21. The number of nitrogens with zero attached hydrogens (tertiary/aromatic N) is 2. The highest BCUT2D eigenvalue weighted by atomic mass is 32.2. The zero-order chi connectivity index (χ0) is 19.5. The molecule has 0 aromatic heterocycles. The molecule has 3 rings (SSSR count). The molecule has 5 nitrogen and oxygen atoms in total. The molecule has 1 fully saturated rings. The first kappa shape index (κ1) is 20.0. The number of hydrogen-bond acceptors (Lipinski definition) is 4. The van der Waals surface area contributed by atoms with Crippen molar-refractivity contribution in [2.24, 2.45) is 5.41 Å². The number of hydrogen-bond donors (Lipinski definition) is 1. The second kappa shape index (κ2) is 8.10. The van der Waals surface area contributed by atoms with Crippen molar-refractivity contribution in [3.05, 3.63) is 54.6 Å². The number of benzene rings is 2. The fraction of sp³-hybridized carbons (Fsp3) is 0.429. The van der Waals surface area contributed by atoms with E-state index in [1.165, 1.54) is 4.31 Å². The van der Waals surface area contributed by atoms with Crippen LogP contribution >= 0.6 is 0 Å². The van der Waals surface area contributed by atoms with Crippen molar-refractivity contribution in [2.45, 2.75) is 17.7 Å². The van der Waals surface area contributed by atoms with Gasteiger partial charge in [0.2, 0.25) is 10.0 Å². The van der Waals surface area contributed by atoms with E-state index in [-0.39, 0.29) is 6.61 Å².